The number of methoxy groups -OCH3 is 1. The van der Waals surface area contributed by atoms with Crippen molar-refractivity contribution in [2.24, 2.45) is 4.99 Å². The maximum atomic E-state index is 11.9. The van der Waals surface area contributed by atoms with Crippen LogP contribution in [0.1, 0.15) is 12.5 Å². The Morgan fingerprint density at radius 3 is 2.70 bits per heavy atom. The highest BCUT2D eigenvalue weighted by Crippen LogP contribution is 2.03. The van der Waals surface area contributed by atoms with E-state index in [4.69, 9.17) is 9.73 Å². The Labute approximate surface area is 161 Å². The molecule has 9 heteroatoms. The summed E-state index contributed by atoms with van der Waals surface area (Å²) in [5.74, 6) is 0.987. The van der Waals surface area contributed by atoms with Crippen LogP contribution in [0.2, 0.25) is 0 Å². The average molecular weight is 380 g/mol. The number of rotatable bonds is 9. The Hall–Kier alpha value is -2.13. The van der Waals surface area contributed by atoms with Crippen LogP contribution in [-0.2, 0) is 16.1 Å². The molecule has 1 aromatic heterocycles. The molecule has 0 radical (unpaired) electrons. The van der Waals surface area contributed by atoms with Gasteiger partial charge in [0.15, 0.2) is 5.96 Å². The minimum atomic E-state index is 0.0515. The van der Waals surface area contributed by atoms with E-state index in [9.17, 15) is 4.79 Å². The van der Waals surface area contributed by atoms with Gasteiger partial charge in [-0.2, -0.15) is 5.10 Å². The summed E-state index contributed by atoms with van der Waals surface area (Å²) in [7, 11) is 1.63. The van der Waals surface area contributed by atoms with Gasteiger partial charge in [-0.25, -0.2) is 0 Å². The molecule has 0 bridgehead atoms. The van der Waals surface area contributed by atoms with Crippen molar-refractivity contribution in [1.29, 1.82) is 0 Å². The summed E-state index contributed by atoms with van der Waals surface area (Å²) in [6.07, 6.45) is 3.89. The number of aryl methyl sites for hydroxylation is 1. The molecule has 0 spiro atoms. The lowest BCUT2D eigenvalue weighted by atomic mass is 10.3. The quantitative estimate of drug-likeness (QED) is 0.343. The lowest BCUT2D eigenvalue weighted by molar-refractivity contribution is -0.122. The standard InChI is InChI=1S/C18H33N7O2/c1-4-19-18(21-5-7-25-14-16(2)13-22-25)24-10-8-23(9-11-24)15-17(26)20-6-12-27-3/h13-14H,4-12,15H2,1-3H3,(H,19,21)(H,20,26). The van der Waals surface area contributed by atoms with E-state index in [-0.39, 0.29) is 5.91 Å². The number of aliphatic imine (C=N–C) groups is 1. The van der Waals surface area contributed by atoms with Gasteiger partial charge in [0.2, 0.25) is 5.91 Å². The molecule has 1 aliphatic heterocycles. The highest BCUT2D eigenvalue weighted by molar-refractivity contribution is 5.80. The van der Waals surface area contributed by atoms with E-state index in [1.807, 2.05) is 24.0 Å². The second-order valence-corrected chi connectivity index (χ2v) is 6.62. The molecule has 1 aromatic rings. The Morgan fingerprint density at radius 1 is 1.30 bits per heavy atom. The molecule has 1 fully saturated rings. The van der Waals surface area contributed by atoms with E-state index >= 15 is 0 Å². The van der Waals surface area contributed by atoms with Crippen LogP contribution in [0.5, 0.6) is 0 Å². The van der Waals surface area contributed by atoms with Crippen LogP contribution in [0.25, 0.3) is 0 Å². The third-order valence-electron chi connectivity index (χ3n) is 4.36. The number of hydrogen-bond donors (Lipinski definition) is 2. The van der Waals surface area contributed by atoms with Gasteiger partial charge < -0.3 is 20.3 Å². The van der Waals surface area contributed by atoms with Gasteiger partial charge in [-0.3, -0.25) is 19.4 Å². The van der Waals surface area contributed by atoms with E-state index in [1.54, 1.807) is 7.11 Å². The molecule has 2 N–H and O–H groups in total. The second-order valence-electron chi connectivity index (χ2n) is 6.62. The Morgan fingerprint density at radius 2 is 2.07 bits per heavy atom. The Bertz CT molecular complexity index is 594. The fourth-order valence-electron chi connectivity index (χ4n) is 2.94. The summed E-state index contributed by atoms with van der Waals surface area (Å²) >= 11 is 0. The minimum absolute atomic E-state index is 0.0515. The SMILES string of the molecule is CCNC(=NCCn1cc(C)cn1)N1CCN(CC(=O)NCCOC)CC1. The molecule has 0 aliphatic carbocycles. The van der Waals surface area contributed by atoms with Gasteiger partial charge in [-0.1, -0.05) is 0 Å². The van der Waals surface area contributed by atoms with E-state index in [0.29, 0.717) is 26.2 Å². The first-order valence-corrected chi connectivity index (χ1v) is 9.62. The zero-order valence-electron chi connectivity index (χ0n) is 16.8. The molecule has 1 aliphatic rings. The van der Waals surface area contributed by atoms with E-state index < -0.39 is 0 Å². The van der Waals surface area contributed by atoms with Crippen molar-refractivity contribution in [2.75, 3.05) is 66.1 Å². The Balaban J connectivity index is 1.76. The lowest BCUT2D eigenvalue weighted by Crippen LogP contribution is -2.54. The van der Waals surface area contributed by atoms with Crippen LogP contribution in [0, 0.1) is 6.92 Å². The molecule has 0 saturated carbocycles. The van der Waals surface area contributed by atoms with Crippen LogP contribution >= 0.6 is 0 Å². The van der Waals surface area contributed by atoms with Gasteiger partial charge in [0.1, 0.15) is 0 Å². The summed E-state index contributed by atoms with van der Waals surface area (Å²) in [6.45, 7) is 11.3. The van der Waals surface area contributed by atoms with Crippen molar-refractivity contribution in [3.8, 4) is 0 Å². The largest absolute Gasteiger partial charge is 0.383 e. The zero-order chi connectivity index (χ0) is 19.5. The van der Waals surface area contributed by atoms with E-state index in [1.165, 1.54) is 0 Å². The third kappa shape index (κ3) is 7.56. The highest BCUT2D eigenvalue weighted by atomic mass is 16.5. The molecule has 9 nitrogen and oxygen atoms in total. The average Bonchev–Trinajstić information content (AvgIpc) is 3.07. The maximum Gasteiger partial charge on any atom is 0.234 e. The second kappa shape index (κ2) is 11.6. The lowest BCUT2D eigenvalue weighted by Gasteiger charge is -2.36. The summed E-state index contributed by atoms with van der Waals surface area (Å²) in [4.78, 5) is 21.1. The van der Waals surface area contributed by atoms with Crippen LogP contribution in [0.15, 0.2) is 17.4 Å². The molecule has 27 heavy (non-hydrogen) atoms. The first-order chi connectivity index (χ1) is 13.1. The summed E-state index contributed by atoms with van der Waals surface area (Å²) in [6, 6.07) is 0. The normalized spacial score (nSPS) is 15.8. The maximum absolute atomic E-state index is 11.9. The summed E-state index contributed by atoms with van der Waals surface area (Å²) < 4.78 is 6.87. The zero-order valence-corrected chi connectivity index (χ0v) is 16.8. The fourth-order valence-corrected chi connectivity index (χ4v) is 2.94. The number of ether oxygens (including phenoxy) is 1. The molecular formula is C18H33N7O2. The van der Waals surface area contributed by atoms with Gasteiger partial charge in [-0.15, -0.1) is 0 Å². The number of piperazine rings is 1. The molecule has 152 valence electrons. The predicted molar refractivity (Wildman–Crippen MR) is 106 cm³/mol. The van der Waals surface area contributed by atoms with Gasteiger partial charge in [0.25, 0.3) is 0 Å². The monoisotopic (exact) mass is 379 g/mol. The predicted octanol–water partition coefficient (Wildman–Crippen LogP) is -0.463. The third-order valence-corrected chi connectivity index (χ3v) is 4.36. The van der Waals surface area contributed by atoms with Crippen molar-refractivity contribution in [3.63, 3.8) is 0 Å². The molecule has 1 saturated heterocycles. The summed E-state index contributed by atoms with van der Waals surface area (Å²) in [5, 5.41) is 10.5. The Kier molecular flexibility index (Phi) is 9.06. The number of carbonyl (C=O) groups excluding carboxylic acids is 1. The van der Waals surface area contributed by atoms with Gasteiger partial charge in [0.05, 0.1) is 32.4 Å². The molecule has 2 rings (SSSR count). The first-order valence-electron chi connectivity index (χ1n) is 9.62. The number of aromatic nitrogens is 2. The molecule has 0 aromatic carbocycles. The van der Waals surface area contributed by atoms with Crippen LogP contribution in [0.3, 0.4) is 0 Å². The van der Waals surface area contributed by atoms with Gasteiger partial charge >= 0.3 is 0 Å². The fraction of sp³-hybridized carbons (Fsp3) is 0.722. The number of amides is 1. The van der Waals surface area contributed by atoms with Crippen molar-refractivity contribution in [2.45, 2.75) is 20.4 Å². The molecular weight excluding hydrogens is 346 g/mol. The van der Waals surface area contributed by atoms with Gasteiger partial charge in [-0.05, 0) is 19.4 Å². The minimum Gasteiger partial charge on any atom is -0.383 e. The van der Waals surface area contributed by atoms with Crippen molar-refractivity contribution in [1.82, 2.24) is 30.2 Å². The number of carbonyl (C=O) groups is 1. The van der Waals surface area contributed by atoms with Crippen molar-refractivity contribution >= 4 is 11.9 Å². The van der Waals surface area contributed by atoms with E-state index in [0.717, 1.165) is 50.8 Å². The van der Waals surface area contributed by atoms with Crippen LogP contribution < -0.4 is 10.6 Å². The number of hydrogen-bond acceptors (Lipinski definition) is 5. The smallest absolute Gasteiger partial charge is 0.234 e. The van der Waals surface area contributed by atoms with Crippen LogP contribution in [-0.4, -0.2) is 97.5 Å². The molecule has 1 amide bonds. The molecule has 2 heterocycles. The van der Waals surface area contributed by atoms with Gasteiger partial charge in [0, 0.05) is 52.6 Å². The van der Waals surface area contributed by atoms with Crippen LogP contribution in [0.4, 0.5) is 0 Å². The topological polar surface area (TPSA) is 87.0 Å². The van der Waals surface area contributed by atoms with E-state index in [2.05, 4.69) is 32.5 Å². The van der Waals surface area contributed by atoms with Crippen molar-refractivity contribution in [3.05, 3.63) is 18.0 Å². The summed E-state index contributed by atoms with van der Waals surface area (Å²) in [5.41, 5.74) is 1.16. The first kappa shape index (κ1) is 21.2. The van der Waals surface area contributed by atoms with Crippen molar-refractivity contribution < 1.29 is 9.53 Å². The number of nitrogens with zero attached hydrogens (tertiary/aromatic N) is 5. The number of guanidine groups is 1. The molecule has 0 unspecified atom stereocenters. The highest BCUT2D eigenvalue weighted by Gasteiger charge is 2.21. The number of nitrogens with one attached hydrogen (secondary N) is 2. The molecule has 0 atom stereocenters.